The van der Waals surface area contributed by atoms with Gasteiger partial charge in [-0.25, -0.2) is 0 Å². The number of rotatable bonds is 19. The van der Waals surface area contributed by atoms with Gasteiger partial charge in [0.05, 0.1) is 0 Å². The molecule has 3 N–H and O–H groups in total. The molecule has 51 heavy (non-hydrogen) atoms. The molecule has 0 aromatic heterocycles. The third-order valence-corrected chi connectivity index (χ3v) is 9.63. The van der Waals surface area contributed by atoms with Crippen molar-refractivity contribution in [1.29, 1.82) is 0 Å². The number of amides is 6. The fraction of sp³-hybridized carbons (Fsp3) is 0.641. The van der Waals surface area contributed by atoms with Crippen LogP contribution < -0.4 is 11.1 Å². The Bertz CT molecular complexity index is 1390. The first-order chi connectivity index (χ1) is 23.7. The zero-order valence-corrected chi connectivity index (χ0v) is 32.8. The summed E-state index contributed by atoms with van der Waals surface area (Å²) >= 11 is 0. The Morgan fingerprint density at radius 1 is 0.706 bits per heavy atom. The first kappa shape index (κ1) is 44.6. The highest BCUT2D eigenvalue weighted by Gasteiger charge is 2.41. The molecule has 0 saturated carbocycles. The lowest BCUT2D eigenvalue weighted by atomic mass is 9.94. The Labute approximate surface area is 305 Å². The molecule has 0 spiro atoms. The molecule has 0 aliphatic rings. The zero-order valence-electron chi connectivity index (χ0n) is 32.8. The molecule has 6 amide bonds. The van der Waals surface area contributed by atoms with Gasteiger partial charge in [0.2, 0.25) is 35.4 Å². The number of primary amides is 1. The molecule has 0 aliphatic carbocycles. The van der Waals surface area contributed by atoms with E-state index < -0.39 is 59.7 Å². The first-order valence-electron chi connectivity index (χ1n) is 17.8. The monoisotopic (exact) mass is 710 g/mol. The summed E-state index contributed by atoms with van der Waals surface area (Å²) in [6.07, 6.45) is 7.43. The molecule has 0 unspecified atom stereocenters. The van der Waals surface area contributed by atoms with E-state index in [1.54, 1.807) is 41.7 Å². The number of unbranched alkanes of at least 4 members (excludes halogenated alkanes) is 1. The molecule has 0 radical (unpaired) electrons. The van der Waals surface area contributed by atoms with E-state index in [2.05, 4.69) is 11.2 Å². The molecule has 284 valence electrons. The van der Waals surface area contributed by atoms with E-state index in [-0.39, 0.29) is 36.0 Å². The Morgan fingerprint density at radius 3 is 1.71 bits per heavy atom. The van der Waals surface area contributed by atoms with Crippen LogP contribution in [0.2, 0.25) is 0 Å². The minimum Gasteiger partial charge on any atom is -0.368 e. The third kappa shape index (κ3) is 12.1. The summed E-state index contributed by atoms with van der Waals surface area (Å²) in [5.74, 6) is -1.50. The van der Waals surface area contributed by atoms with Crippen LogP contribution in [0.4, 0.5) is 0 Å². The summed E-state index contributed by atoms with van der Waals surface area (Å²) in [5.41, 5.74) is 6.51. The maximum absolute atomic E-state index is 14.0. The number of likely N-dealkylation sites (N-methyl/N-ethyl adjacent to an activating group) is 4. The number of hydrogen-bond acceptors (Lipinski definition) is 6. The molecular weight excluding hydrogens is 648 g/mol. The van der Waals surface area contributed by atoms with Gasteiger partial charge >= 0.3 is 0 Å². The molecule has 1 aromatic rings. The smallest absolute Gasteiger partial charge is 0.246 e. The fourth-order valence-corrected chi connectivity index (χ4v) is 6.33. The minimum atomic E-state index is -1.03. The number of carbonyl (C=O) groups excluding carboxylic acids is 6. The Balaban J connectivity index is 3.22. The summed E-state index contributed by atoms with van der Waals surface area (Å²) < 4.78 is 0. The van der Waals surface area contributed by atoms with Crippen molar-refractivity contribution in [1.82, 2.24) is 24.9 Å². The molecule has 1 aromatic carbocycles. The highest BCUT2D eigenvalue weighted by atomic mass is 16.2. The van der Waals surface area contributed by atoms with Crippen LogP contribution in [0.25, 0.3) is 0 Å². The van der Waals surface area contributed by atoms with Gasteiger partial charge in [-0.15, -0.1) is 12.3 Å². The predicted octanol–water partition coefficient (Wildman–Crippen LogP) is 2.93. The Hall–Kier alpha value is -4.40. The van der Waals surface area contributed by atoms with Crippen LogP contribution in [0.1, 0.15) is 80.2 Å². The molecule has 0 aliphatic heterocycles. The highest BCUT2D eigenvalue weighted by molar-refractivity contribution is 5.96. The third-order valence-electron chi connectivity index (χ3n) is 9.63. The van der Waals surface area contributed by atoms with E-state index in [4.69, 9.17) is 12.2 Å². The van der Waals surface area contributed by atoms with E-state index in [9.17, 15) is 28.8 Å². The number of nitrogens with one attached hydrogen (secondary N) is 1. The number of carbonyl (C=O) groups is 6. The van der Waals surface area contributed by atoms with Crippen LogP contribution in [0, 0.1) is 36.0 Å². The Kier molecular flexibility index (Phi) is 17.9. The van der Waals surface area contributed by atoms with Crippen molar-refractivity contribution in [3.63, 3.8) is 0 Å². The lowest BCUT2D eigenvalue weighted by Gasteiger charge is -2.39. The lowest BCUT2D eigenvalue weighted by Crippen LogP contribution is -2.61. The molecule has 0 fully saturated rings. The van der Waals surface area contributed by atoms with Crippen molar-refractivity contribution < 1.29 is 28.8 Å². The molecule has 0 heterocycles. The van der Waals surface area contributed by atoms with E-state index in [0.29, 0.717) is 19.3 Å². The number of hydrogen-bond donors (Lipinski definition) is 2. The number of terminal acetylenes is 1. The van der Waals surface area contributed by atoms with Crippen LogP contribution in [-0.2, 0) is 35.2 Å². The van der Waals surface area contributed by atoms with Crippen LogP contribution in [0.3, 0.4) is 0 Å². The molecule has 0 bridgehead atoms. The van der Waals surface area contributed by atoms with Gasteiger partial charge in [-0.2, -0.15) is 0 Å². The standard InChI is InChI=1S/C39H62N6O6/c1-14-15-17-20-27(8)36(48)45(13)33(26(6)7)39(51)44(12)32(25(4)5)35(47)41-31(24(2)3)38(50)42(10)28(9)37(49)43(11)30(34(40)46)23-29-21-18-16-19-22-29/h1,16,18-19,21-22,24-28,30-33H,15,17,20,23H2,2-13H3,(H2,40,46)(H,41,47)/t27-,28+,30+,31+,32+,33+/m1/s1. The Morgan fingerprint density at radius 2 is 1.24 bits per heavy atom. The quantitative estimate of drug-likeness (QED) is 0.166. The summed E-state index contributed by atoms with van der Waals surface area (Å²) in [6.45, 7) is 14.2. The van der Waals surface area contributed by atoms with Crippen molar-refractivity contribution in [3.05, 3.63) is 35.9 Å². The second kappa shape index (κ2) is 20.4. The van der Waals surface area contributed by atoms with Gasteiger partial charge in [0.15, 0.2) is 0 Å². The maximum atomic E-state index is 14.0. The van der Waals surface area contributed by atoms with Crippen molar-refractivity contribution in [3.8, 4) is 12.3 Å². The van der Waals surface area contributed by atoms with E-state index in [1.165, 1.54) is 40.7 Å². The largest absolute Gasteiger partial charge is 0.368 e. The van der Waals surface area contributed by atoms with Crippen molar-refractivity contribution in [2.45, 2.75) is 111 Å². The normalized spacial score (nSPS) is 14.8. The summed E-state index contributed by atoms with van der Waals surface area (Å²) in [4.78, 5) is 86.6. The molecule has 0 saturated heterocycles. The average molecular weight is 711 g/mol. The highest BCUT2D eigenvalue weighted by Crippen LogP contribution is 2.21. The number of nitrogens with zero attached hydrogens (tertiary/aromatic N) is 4. The topological polar surface area (TPSA) is 153 Å². The van der Waals surface area contributed by atoms with Gasteiger partial charge < -0.3 is 30.7 Å². The van der Waals surface area contributed by atoms with Crippen molar-refractivity contribution in [2.24, 2.45) is 29.4 Å². The van der Waals surface area contributed by atoms with E-state index in [0.717, 1.165) is 5.56 Å². The van der Waals surface area contributed by atoms with Crippen molar-refractivity contribution >= 4 is 35.4 Å². The predicted molar refractivity (Wildman–Crippen MR) is 200 cm³/mol. The van der Waals surface area contributed by atoms with E-state index >= 15 is 0 Å². The van der Waals surface area contributed by atoms with Gasteiger partial charge in [-0.05, 0) is 43.1 Å². The van der Waals surface area contributed by atoms with Gasteiger partial charge in [-0.1, -0.05) is 78.8 Å². The van der Waals surface area contributed by atoms with Gasteiger partial charge in [0, 0.05) is 47.0 Å². The maximum Gasteiger partial charge on any atom is 0.246 e. The lowest BCUT2D eigenvalue weighted by molar-refractivity contribution is -0.152. The molecule has 1 rings (SSSR count). The van der Waals surface area contributed by atoms with Crippen LogP contribution in [0.5, 0.6) is 0 Å². The van der Waals surface area contributed by atoms with Crippen molar-refractivity contribution in [2.75, 3.05) is 28.2 Å². The number of benzene rings is 1. The van der Waals surface area contributed by atoms with Gasteiger partial charge in [0.25, 0.3) is 0 Å². The van der Waals surface area contributed by atoms with Crippen LogP contribution in [-0.4, -0.2) is 113 Å². The summed E-state index contributed by atoms with van der Waals surface area (Å²) in [7, 11) is 6.10. The fourth-order valence-electron chi connectivity index (χ4n) is 6.33. The summed E-state index contributed by atoms with van der Waals surface area (Å²) in [5, 5.41) is 2.86. The average Bonchev–Trinajstić information content (AvgIpc) is 3.07. The zero-order chi connectivity index (χ0) is 39.3. The minimum absolute atomic E-state index is 0.178. The SMILES string of the molecule is C#CCCC[C@@H](C)C(=O)N(C)[C@H](C(=O)N(C)[C@H](C(=O)N[C@H](C(=O)N(C)[C@@H](C)C(=O)N(C)[C@@H](Cc1ccccc1)C(N)=O)C(C)C)C(C)C)C(C)C. The molecular formula is C39H62N6O6. The summed E-state index contributed by atoms with van der Waals surface area (Å²) in [6, 6.07) is 4.44. The van der Waals surface area contributed by atoms with Gasteiger partial charge in [0.1, 0.15) is 30.2 Å². The van der Waals surface area contributed by atoms with Gasteiger partial charge in [-0.3, -0.25) is 28.8 Å². The first-order valence-corrected chi connectivity index (χ1v) is 17.8. The number of nitrogens with two attached hydrogens (primary N) is 1. The second-order valence-corrected chi connectivity index (χ2v) is 14.7. The second-order valence-electron chi connectivity index (χ2n) is 14.7. The van der Waals surface area contributed by atoms with E-state index in [1.807, 2.05) is 51.1 Å². The molecule has 12 nitrogen and oxygen atoms in total. The molecule has 6 atom stereocenters. The molecule has 12 heteroatoms. The van der Waals surface area contributed by atoms with Crippen LogP contribution >= 0.6 is 0 Å². The van der Waals surface area contributed by atoms with Crippen LogP contribution in [0.15, 0.2) is 30.3 Å².